The number of carbonyl (C=O) groups excluding carboxylic acids is 2. The van der Waals surface area contributed by atoms with Gasteiger partial charge in [-0.05, 0) is 80.8 Å². The van der Waals surface area contributed by atoms with Crippen molar-refractivity contribution in [3.63, 3.8) is 0 Å². The first-order valence-electron chi connectivity index (χ1n) is 14.6. The van der Waals surface area contributed by atoms with Crippen LogP contribution in [0.15, 0.2) is 78.9 Å². The Morgan fingerprint density at radius 2 is 1.63 bits per heavy atom. The van der Waals surface area contributed by atoms with E-state index in [0.29, 0.717) is 23.7 Å². The van der Waals surface area contributed by atoms with E-state index in [4.69, 9.17) is 9.72 Å². The van der Waals surface area contributed by atoms with E-state index >= 15 is 0 Å². The normalized spacial score (nSPS) is 17.2. The van der Waals surface area contributed by atoms with Crippen LogP contribution in [0.5, 0.6) is 5.75 Å². The summed E-state index contributed by atoms with van der Waals surface area (Å²) in [5.74, 6) is 0.501. The summed E-state index contributed by atoms with van der Waals surface area (Å²) in [6, 6.07) is 26.0. The summed E-state index contributed by atoms with van der Waals surface area (Å²) in [6.07, 6.45) is 5.41. The predicted octanol–water partition coefficient (Wildman–Crippen LogP) is 6.25. The van der Waals surface area contributed by atoms with Gasteiger partial charge in [0, 0.05) is 42.3 Å². The number of pyridine rings is 1. The lowest BCUT2D eigenvalue weighted by Gasteiger charge is -2.36. The molecule has 2 amide bonds. The highest BCUT2D eigenvalue weighted by molar-refractivity contribution is 6.21. The van der Waals surface area contributed by atoms with Crippen molar-refractivity contribution >= 4 is 28.4 Å². The average molecular weight is 549 g/mol. The number of imide groups is 1. The van der Waals surface area contributed by atoms with E-state index < -0.39 is 0 Å². The van der Waals surface area contributed by atoms with Crippen LogP contribution >= 0.6 is 0 Å². The maximum Gasteiger partial charge on any atom is 0.261 e. The van der Waals surface area contributed by atoms with E-state index in [1.54, 1.807) is 19.2 Å². The van der Waals surface area contributed by atoms with Crippen molar-refractivity contribution in [3.05, 3.63) is 90.0 Å². The molecule has 6 rings (SSSR count). The quantitative estimate of drug-likeness (QED) is 0.236. The summed E-state index contributed by atoms with van der Waals surface area (Å²) in [4.78, 5) is 34.4. The Kier molecular flexibility index (Phi) is 7.96. The molecule has 0 saturated carbocycles. The van der Waals surface area contributed by atoms with Gasteiger partial charge in [-0.1, -0.05) is 36.8 Å². The number of fused-ring (bicyclic) bond motifs is 2. The number of benzene rings is 3. The molecule has 0 spiro atoms. The number of anilines is 1. The number of aromatic nitrogens is 1. The van der Waals surface area contributed by atoms with Crippen LogP contribution in [0, 0.1) is 0 Å². The minimum atomic E-state index is -0.163. The Balaban J connectivity index is 1.08. The summed E-state index contributed by atoms with van der Waals surface area (Å²) in [5, 5.41) is 4.84. The minimum Gasteiger partial charge on any atom is -0.497 e. The molecule has 2 aliphatic heterocycles. The van der Waals surface area contributed by atoms with Gasteiger partial charge in [-0.2, -0.15) is 0 Å². The first-order valence-corrected chi connectivity index (χ1v) is 14.6. The molecule has 1 saturated heterocycles. The number of likely N-dealkylation sites (tertiary alicyclic amines) is 1. The van der Waals surface area contributed by atoms with Crippen LogP contribution in [0.1, 0.15) is 52.8 Å². The van der Waals surface area contributed by atoms with E-state index in [9.17, 15) is 9.59 Å². The highest BCUT2D eigenvalue weighted by atomic mass is 16.5. The van der Waals surface area contributed by atoms with E-state index in [0.717, 1.165) is 66.1 Å². The number of hydrogen-bond acceptors (Lipinski definition) is 6. The Morgan fingerprint density at radius 3 is 2.39 bits per heavy atom. The molecular weight excluding hydrogens is 512 g/mol. The Morgan fingerprint density at radius 1 is 0.902 bits per heavy atom. The van der Waals surface area contributed by atoms with Gasteiger partial charge in [-0.25, -0.2) is 4.98 Å². The Bertz CT molecular complexity index is 1520. The summed E-state index contributed by atoms with van der Waals surface area (Å²) in [5.41, 5.74) is 5.10. The second-order valence-corrected chi connectivity index (χ2v) is 10.9. The maximum absolute atomic E-state index is 12.7. The highest BCUT2D eigenvalue weighted by Crippen LogP contribution is 2.30. The van der Waals surface area contributed by atoms with Crippen LogP contribution in [-0.4, -0.2) is 65.9 Å². The van der Waals surface area contributed by atoms with Crippen molar-refractivity contribution in [1.29, 1.82) is 0 Å². The van der Waals surface area contributed by atoms with Gasteiger partial charge >= 0.3 is 0 Å². The summed E-state index contributed by atoms with van der Waals surface area (Å²) in [7, 11) is 1.67. The van der Waals surface area contributed by atoms with Crippen LogP contribution in [0.25, 0.3) is 22.2 Å². The number of carbonyl (C=O) groups is 2. The summed E-state index contributed by atoms with van der Waals surface area (Å²) >= 11 is 0. The van der Waals surface area contributed by atoms with Crippen LogP contribution in [-0.2, 0) is 0 Å². The van der Waals surface area contributed by atoms with Gasteiger partial charge in [0.1, 0.15) is 5.75 Å². The topological polar surface area (TPSA) is 74.8 Å². The van der Waals surface area contributed by atoms with Crippen molar-refractivity contribution in [2.24, 2.45) is 0 Å². The molecule has 3 heterocycles. The van der Waals surface area contributed by atoms with Gasteiger partial charge in [0.05, 0.1) is 29.4 Å². The van der Waals surface area contributed by atoms with E-state index in [1.807, 2.05) is 42.5 Å². The van der Waals surface area contributed by atoms with Crippen molar-refractivity contribution in [3.8, 4) is 17.0 Å². The molecule has 0 bridgehead atoms. The number of hydrogen-bond donors (Lipinski definition) is 1. The third-order valence-electron chi connectivity index (χ3n) is 8.35. The van der Waals surface area contributed by atoms with Gasteiger partial charge in [0.25, 0.3) is 11.8 Å². The molecule has 1 atom stereocenters. The standard InChI is InChI=1S/C34H36N4O3/c1-41-26-16-14-24(15-17-26)31-23-32(29-12-4-5-13-30(29)36-31)35-19-18-25-9-6-7-20-37(25)21-8-22-38-33(39)27-10-2-3-11-28(27)34(38)40/h2-5,10-17,23,25H,6-9,18-22H2,1H3,(H,35,36)/t25-/m0/s1. The third kappa shape index (κ3) is 5.68. The Labute approximate surface area is 241 Å². The molecule has 1 fully saturated rings. The van der Waals surface area contributed by atoms with Crippen LogP contribution in [0.3, 0.4) is 0 Å². The lowest BCUT2D eigenvalue weighted by atomic mass is 9.99. The molecule has 3 aromatic carbocycles. The maximum atomic E-state index is 12.7. The zero-order chi connectivity index (χ0) is 28.2. The number of nitrogens with one attached hydrogen (secondary N) is 1. The molecule has 1 N–H and O–H groups in total. The van der Waals surface area contributed by atoms with E-state index in [1.165, 1.54) is 24.2 Å². The number of piperidine rings is 1. The molecule has 1 aromatic heterocycles. The lowest BCUT2D eigenvalue weighted by Crippen LogP contribution is -2.42. The number of amides is 2. The zero-order valence-electron chi connectivity index (χ0n) is 23.5. The fourth-order valence-corrected chi connectivity index (χ4v) is 6.16. The number of ether oxygens (including phenoxy) is 1. The van der Waals surface area contributed by atoms with Gasteiger partial charge in [-0.15, -0.1) is 0 Å². The van der Waals surface area contributed by atoms with Crippen LogP contribution < -0.4 is 10.1 Å². The molecule has 0 aliphatic carbocycles. The largest absolute Gasteiger partial charge is 0.497 e. The van der Waals surface area contributed by atoms with Crippen molar-refractivity contribution in [1.82, 2.24) is 14.8 Å². The molecule has 7 heteroatoms. The molecule has 2 aliphatic rings. The van der Waals surface area contributed by atoms with E-state index in [2.05, 4.69) is 34.5 Å². The van der Waals surface area contributed by atoms with Crippen LogP contribution in [0.2, 0.25) is 0 Å². The predicted molar refractivity (Wildman–Crippen MR) is 162 cm³/mol. The summed E-state index contributed by atoms with van der Waals surface area (Å²) in [6.45, 7) is 3.27. The molecule has 41 heavy (non-hydrogen) atoms. The molecule has 0 radical (unpaired) electrons. The fraction of sp³-hybridized carbons (Fsp3) is 0.324. The second-order valence-electron chi connectivity index (χ2n) is 10.9. The molecule has 0 unspecified atom stereocenters. The van der Waals surface area contributed by atoms with Gasteiger partial charge in [0.15, 0.2) is 0 Å². The van der Waals surface area contributed by atoms with Gasteiger partial charge in [-0.3, -0.25) is 14.5 Å². The third-order valence-corrected chi connectivity index (χ3v) is 8.35. The minimum absolute atomic E-state index is 0.163. The highest BCUT2D eigenvalue weighted by Gasteiger charge is 2.34. The smallest absolute Gasteiger partial charge is 0.261 e. The van der Waals surface area contributed by atoms with Crippen LogP contribution in [0.4, 0.5) is 5.69 Å². The molecule has 210 valence electrons. The van der Waals surface area contributed by atoms with Crippen molar-refractivity contribution in [2.75, 3.05) is 38.6 Å². The van der Waals surface area contributed by atoms with Crippen molar-refractivity contribution < 1.29 is 14.3 Å². The average Bonchev–Trinajstić information content (AvgIpc) is 3.26. The first-order chi connectivity index (χ1) is 20.1. The fourth-order valence-electron chi connectivity index (χ4n) is 6.16. The first kappa shape index (κ1) is 27.0. The number of nitrogens with zero attached hydrogens (tertiary/aromatic N) is 3. The van der Waals surface area contributed by atoms with Gasteiger partial charge < -0.3 is 15.0 Å². The number of para-hydroxylation sites is 1. The molecule has 7 nitrogen and oxygen atoms in total. The Hall–Kier alpha value is -4.23. The number of methoxy groups -OCH3 is 1. The van der Waals surface area contributed by atoms with E-state index in [-0.39, 0.29) is 11.8 Å². The lowest BCUT2D eigenvalue weighted by molar-refractivity contribution is 0.0638. The second kappa shape index (κ2) is 12.1. The monoisotopic (exact) mass is 548 g/mol. The molecule has 4 aromatic rings. The molecular formula is C34H36N4O3. The zero-order valence-corrected chi connectivity index (χ0v) is 23.5. The SMILES string of the molecule is COc1ccc(-c2cc(NCC[C@@H]3CCCCN3CCCN3C(=O)c4ccccc4C3=O)c3ccccc3n2)cc1. The summed E-state index contributed by atoms with van der Waals surface area (Å²) < 4.78 is 5.32. The van der Waals surface area contributed by atoms with Crippen molar-refractivity contribution in [2.45, 2.75) is 38.1 Å². The number of rotatable bonds is 10. The van der Waals surface area contributed by atoms with Gasteiger partial charge in [0.2, 0.25) is 0 Å².